The monoisotopic (exact) mass is 509 g/mol. The van der Waals surface area contributed by atoms with Gasteiger partial charge in [-0.3, -0.25) is 4.31 Å². The standard InChI is InChI=1S/C24H25Cl2NO3S2/c1-18(6-5-15-31-22-7-3-2-4-8-22)27(24-16-21(26)10-9-19(24)17-28)32(29,30)23-13-11-20(25)12-14-23/h2-4,7-14,16,18,28H,5-6,15,17H2,1H3/t18-/m1/s1. The molecule has 3 aromatic carbocycles. The average molecular weight is 511 g/mol. The van der Waals surface area contributed by atoms with Gasteiger partial charge in [0.2, 0.25) is 0 Å². The Hall–Kier alpha value is -1.70. The van der Waals surface area contributed by atoms with Crippen LogP contribution in [0.1, 0.15) is 25.3 Å². The van der Waals surface area contributed by atoms with E-state index in [1.165, 1.54) is 21.3 Å². The van der Waals surface area contributed by atoms with Gasteiger partial charge in [0.05, 0.1) is 17.2 Å². The molecule has 0 radical (unpaired) electrons. The molecule has 0 amide bonds. The smallest absolute Gasteiger partial charge is 0.264 e. The van der Waals surface area contributed by atoms with Crippen molar-refractivity contribution < 1.29 is 13.5 Å². The maximum absolute atomic E-state index is 13.7. The number of benzene rings is 3. The van der Waals surface area contributed by atoms with Gasteiger partial charge in [-0.1, -0.05) is 47.5 Å². The van der Waals surface area contributed by atoms with Crippen molar-refractivity contribution in [3.63, 3.8) is 0 Å². The van der Waals surface area contributed by atoms with Gasteiger partial charge in [0.25, 0.3) is 10.0 Å². The van der Waals surface area contributed by atoms with Crippen molar-refractivity contribution in [3.8, 4) is 0 Å². The maximum Gasteiger partial charge on any atom is 0.264 e. The van der Waals surface area contributed by atoms with Crippen LogP contribution in [0, 0.1) is 0 Å². The van der Waals surface area contributed by atoms with E-state index in [1.807, 2.05) is 25.1 Å². The topological polar surface area (TPSA) is 57.6 Å². The lowest BCUT2D eigenvalue weighted by atomic mass is 10.1. The van der Waals surface area contributed by atoms with Crippen LogP contribution < -0.4 is 4.31 Å². The highest BCUT2D eigenvalue weighted by molar-refractivity contribution is 7.99. The van der Waals surface area contributed by atoms with Crippen molar-refractivity contribution in [1.29, 1.82) is 0 Å². The quantitative estimate of drug-likeness (QED) is 0.245. The fourth-order valence-electron chi connectivity index (χ4n) is 3.40. The van der Waals surface area contributed by atoms with Gasteiger partial charge < -0.3 is 5.11 Å². The van der Waals surface area contributed by atoms with Crippen molar-refractivity contribution in [1.82, 2.24) is 0 Å². The Morgan fingerprint density at radius 2 is 1.62 bits per heavy atom. The maximum atomic E-state index is 13.7. The molecule has 1 atom stereocenters. The summed E-state index contributed by atoms with van der Waals surface area (Å²) in [6, 6.07) is 20.7. The lowest BCUT2D eigenvalue weighted by Crippen LogP contribution is -2.39. The summed E-state index contributed by atoms with van der Waals surface area (Å²) in [6.45, 7) is 1.58. The fourth-order valence-corrected chi connectivity index (χ4v) is 6.31. The number of hydrogen-bond acceptors (Lipinski definition) is 4. The fraction of sp³-hybridized carbons (Fsp3) is 0.250. The zero-order valence-corrected chi connectivity index (χ0v) is 20.8. The molecular formula is C24H25Cl2NO3S2. The molecule has 1 N–H and O–H groups in total. The number of anilines is 1. The predicted molar refractivity (Wildman–Crippen MR) is 134 cm³/mol. The molecule has 0 aromatic heterocycles. The van der Waals surface area contributed by atoms with Crippen molar-refractivity contribution in [3.05, 3.63) is 88.4 Å². The molecule has 0 spiro atoms. The largest absolute Gasteiger partial charge is 0.392 e. The van der Waals surface area contributed by atoms with E-state index in [-0.39, 0.29) is 17.5 Å². The molecule has 0 unspecified atom stereocenters. The summed E-state index contributed by atoms with van der Waals surface area (Å²) < 4.78 is 28.7. The molecule has 0 aliphatic rings. The predicted octanol–water partition coefficient (Wildman–Crippen LogP) is 6.64. The molecule has 3 aromatic rings. The van der Waals surface area contributed by atoms with E-state index in [1.54, 1.807) is 42.1 Å². The average Bonchev–Trinajstić information content (AvgIpc) is 2.78. The summed E-state index contributed by atoms with van der Waals surface area (Å²) in [5.74, 6) is 0.867. The zero-order valence-electron chi connectivity index (χ0n) is 17.6. The molecule has 0 aliphatic carbocycles. The third-order valence-electron chi connectivity index (χ3n) is 5.00. The Labute approximate surface area is 204 Å². The number of aliphatic hydroxyl groups is 1. The Morgan fingerprint density at radius 1 is 0.969 bits per heavy atom. The third kappa shape index (κ3) is 6.21. The summed E-state index contributed by atoms with van der Waals surface area (Å²) in [5.41, 5.74) is 0.885. The Balaban J connectivity index is 1.88. The van der Waals surface area contributed by atoms with E-state index in [2.05, 4.69) is 12.1 Å². The molecule has 3 rings (SSSR count). The van der Waals surface area contributed by atoms with Crippen molar-refractivity contribution >= 4 is 50.7 Å². The minimum absolute atomic E-state index is 0.135. The highest BCUT2D eigenvalue weighted by atomic mass is 35.5. The SMILES string of the molecule is C[C@H](CCCSc1ccccc1)N(c1cc(Cl)ccc1CO)S(=O)(=O)c1ccc(Cl)cc1. The van der Waals surface area contributed by atoms with Gasteiger partial charge in [-0.25, -0.2) is 8.42 Å². The Kier molecular flexibility index (Phi) is 8.91. The van der Waals surface area contributed by atoms with E-state index >= 15 is 0 Å². The lowest BCUT2D eigenvalue weighted by Gasteiger charge is -2.32. The normalized spacial score (nSPS) is 12.5. The van der Waals surface area contributed by atoms with Gasteiger partial charge in [0.15, 0.2) is 0 Å². The molecule has 32 heavy (non-hydrogen) atoms. The van der Waals surface area contributed by atoms with Crippen LogP contribution in [-0.4, -0.2) is 25.3 Å². The van der Waals surface area contributed by atoms with Gasteiger partial charge in [-0.15, -0.1) is 11.8 Å². The number of thioether (sulfide) groups is 1. The van der Waals surface area contributed by atoms with E-state index in [9.17, 15) is 13.5 Å². The van der Waals surface area contributed by atoms with Crippen LogP contribution >= 0.6 is 35.0 Å². The van der Waals surface area contributed by atoms with E-state index in [0.29, 0.717) is 27.7 Å². The van der Waals surface area contributed by atoms with Crippen LogP contribution in [0.4, 0.5) is 5.69 Å². The van der Waals surface area contributed by atoms with Crippen LogP contribution in [0.2, 0.25) is 10.0 Å². The Bertz CT molecular complexity index is 1120. The second-order valence-corrected chi connectivity index (χ2v) is 11.2. The number of rotatable bonds is 10. The Morgan fingerprint density at radius 3 is 2.28 bits per heavy atom. The van der Waals surface area contributed by atoms with Crippen molar-refractivity contribution in [2.24, 2.45) is 0 Å². The highest BCUT2D eigenvalue weighted by Crippen LogP contribution is 2.33. The lowest BCUT2D eigenvalue weighted by molar-refractivity contribution is 0.282. The summed E-state index contributed by atoms with van der Waals surface area (Å²) >= 11 is 13.9. The van der Waals surface area contributed by atoms with Crippen LogP contribution in [0.3, 0.4) is 0 Å². The van der Waals surface area contributed by atoms with Crippen molar-refractivity contribution in [2.45, 2.75) is 42.2 Å². The minimum Gasteiger partial charge on any atom is -0.392 e. The number of halogens is 2. The van der Waals surface area contributed by atoms with Gasteiger partial charge in [-0.05, 0) is 74.0 Å². The van der Waals surface area contributed by atoms with Crippen LogP contribution in [0.5, 0.6) is 0 Å². The zero-order chi connectivity index (χ0) is 23.1. The summed E-state index contributed by atoms with van der Waals surface area (Å²) in [4.78, 5) is 1.32. The third-order valence-corrected chi connectivity index (χ3v) is 8.53. The minimum atomic E-state index is -3.91. The molecule has 8 heteroatoms. The summed E-state index contributed by atoms with van der Waals surface area (Å²) in [5, 5.41) is 10.7. The van der Waals surface area contributed by atoms with Gasteiger partial charge in [0.1, 0.15) is 0 Å². The second kappa shape index (κ2) is 11.4. The highest BCUT2D eigenvalue weighted by Gasteiger charge is 2.31. The first kappa shape index (κ1) is 24.9. The van der Waals surface area contributed by atoms with Crippen LogP contribution in [0.15, 0.2) is 82.6 Å². The van der Waals surface area contributed by atoms with E-state index in [0.717, 1.165) is 12.2 Å². The molecule has 0 aliphatic heterocycles. The van der Waals surface area contributed by atoms with Crippen molar-refractivity contribution in [2.75, 3.05) is 10.1 Å². The van der Waals surface area contributed by atoms with Gasteiger partial charge >= 0.3 is 0 Å². The molecule has 170 valence electrons. The van der Waals surface area contributed by atoms with E-state index in [4.69, 9.17) is 23.2 Å². The summed E-state index contributed by atoms with van der Waals surface area (Å²) in [7, 11) is -3.91. The number of hydrogen-bond donors (Lipinski definition) is 1. The molecule has 4 nitrogen and oxygen atoms in total. The summed E-state index contributed by atoms with van der Waals surface area (Å²) in [6.07, 6.45) is 1.46. The van der Waals surface area contributed by atoms with E-state index < -0.39 is 10.0 Å². The van der Waals surface area contributed by atoms with Gasteiger partial charge in [-0.2, -0.15) is 0 Å². The van der Waals surface area contributed by atoms with Gasteiger partial charge in [0, 0.05) is 26.5 Å². The molecular weight excluding hydrogens is 485 g/mol. The molecule has 0 bridgehead atoms. The molecule has 0 saturated heterocycles. The first-order valence-corrected chi connectivity index (χ1v) is 13.4. The van der Waals surface area contributed by atoms with Crippen LogP contribution in [-0.2, 0) is 16.6 Å². The van der Waals surface area contributed by atoms with Crippen LogP contribution in [0.25, 0.3) is 0 Å². The number of aliphatic hydroxyl groups excluding tert-OH is 1. The molecule has 0 fully saturated rings. The molecule has 0 heterocycles. The number of nitrogens with zero attached hydrogens (tertiary/aromatic N) is 1. The molecule has 0 saturated carbocycles. The first-order valence-electron chi connectivity index (χ1n) is 10.2. The first-order chi connectivity index (χ1) is 15.3. The number of sulfonamides is 1. The second-order valence-electron chi connectivity index (χ2n) is 7.34.